The first-order chi connectivity index (χ1) is 6.11. The van der Waals surface area contributed by atoms with Crippen molar-refractivity contribution in [2.75, 3.05) is 25.1 Å². The molecule has 0 saturated heterocycles. The summed E-state index contributed by atoms with van der Waals surface area (Å²) in [5.74, 6) is 0. The number of nitrogens with two attached hydrogens (primary N) is 1. The van der Waals surface area contributed by atoms with E-state index >= 15 is 0 Å². The summed E-state index contributed by atoms with van der Waals surface area (Å²) in [6, 6.07) is 1.44. The van der Waals surface area contributed by atoms with Gasteiger partial charge in [0.25, 0.3) is 0 Å². The number of nitrogens with one attached hydrogen (secondary N) is 1. The lowest BCUT2D eigenvalue weighted by Gasteiger charge is -2.12. The van der Waals surface area contributed by atoms with Gasteiger partial charge in [0, 0.05) is 20.3 Å². The van der Waals surface area contributed by atoms with Crippen LogP contribution in [-0.4, -0.2) is 30.0 Å². The zero-order chi connectivity index (χ0) is 9.84. The van der Waals surface area contributed by atoms with Crippen molar-refractivity contribution in [3.8, 4) is 0 Å². The minimum absolute atomic E-state index is 0.210. The Kier molecular flexibility index (Phi) is 2.69. The smallest absolute Gasteiger partial charge is 0.321 e. The van der Waals surface area contributed by atoms with Gasteiger partial charge in [0.15, 0.2) is 0 Å². The number of rotatable bonds is 1. The van der Waals surface area contributed by atoms with Crippen molar-refractivity contribution in [2.45, 2.75) is 0 Å². The van der Waals surface area contributed by atoms with E-state index < -0.39 is 0 Å². The lowest BCUT2D eigenvalue weighted by molar-refractivity contribution is 0.230. The summed E-state index contributed by atoms with van der Waals surface area (Å²) in [4.78, 5) is 16.4. The molecule has 5 heteroatoms. The number of hydrogen-bond acceptors (Lipinski definition) is 3. The highest BCUT2D eigenvalue weighted by atomic mass is 16.2. The number of carbonyl (C=O) groups is 1. The Morgan fingerprint density at radius 3 is 2.85 bits per heavy atom. The molecule has 1 aromatic rings. The average Bonchev–Trinajstić information content (AvgIpc) is 2.08. The van der Waals surface area contributed by atoms with Crippen LogP contribution in [0.4, 0.5) is 16.2 Å². The van der Waals surface area contributed by atoms with Gasteiger partial charge in [-0.15, -0.1) is 0 Å². The Hall–Kier alpha value is -1.78. The molecule has 2 amide bonds. The molecule has 0 aliphatic carbocycles. The lowest BCUT2D eigenvalue weighted by atomic mass is 10.3. The number of pyridine rings is 1. The number of carbonyl (C=O) groups excluding carboxylic acids is 1. The van der Waals surface area contributed by atoms with Crippen LogP contribution in [0.5, 0.6) is 0 Å². The minimum atomic E-state index is -0.210. The molecule has 0 aliphatic rings. The second kappa shape index (κ2) is 3.75. The number of hydrogen-bond donors (Lipinski definition) is 2. The average molecular weight is 180 g/mol. The molecule has 0 aliphatic heterocycles. The number of anilines is 2. The number of urea groups is 1. The number of nitrogen functional groups attached to an aromatic ring is 1. The van der Waals surface area contributed by atoms with E-state index in [4.69, 9.17) is 5.73 Å². The van der Waals surface area contributed by atoms with Gasteiger partial charge in [-0.1, -0.05) is 0 Å². The Bertz CT molecular complexity index is 311. The molecular formula is C8H12N4O. The lowest BCUT2D eigenvalue weighted by Crippen LogP contribution is -2.27. The predicted molar refractivity (Wildman–Crippen MR) is 51.4 cm³/mol. The van der Waals surface area contributed by atoms with Crippen LogP contribution >= 0.6 is 0 Å². The molecule has 0 fully saturated rings. The first-order valence-electron chi connectivity index (χ1n) is 3.79. The summed E-state index contributed by atoms with van der Waals surface area (Å²) in [6.45, 7) is 0. The van der Waals surface area contributed by atoms with E-state index in [1.165, 1.54) is 11.1 Å². The highest BCUT2D eigenvalue weighted by molar-refractivity contribution is 5.91. The number of amides is 2. The van der Waals surface area contributed by atoms with Gasteiger partial charge >= 0.3 is 6.03 Å². The largest absolute Gasteiger partial charge is 0.396 e. The summed E-state index contributed by atoms with van der Waals surface area (Å²) >= 11 is 0. The molecule has 0 radical (unpaired) electrons. The molecule has 0 atom stereocenters. The molecule has 1 heterocycles. The minimum Gasteiger partial charge on any atom is -0.396 e. The normalized spacial score (nSPS) is 9.38. The summed E-state index contributed by atoms with van der Waals surface area (Å²) in [6.07, 6.45) is 3.06. The van der Waals surface area contributed by atoms with Gasteiger partial charge in [0.2, 0.25) is 0 Å². The van der Waals surface area contributed by atoms with Gasteiger partial charge in [0.1, 0.15) is 0 Å². The Labute approximate surface area is 76.6 Å². The molecule has 1 rings (SSSR count). The molecule has 1 aromatic heterocycles. The summed E-state index contributed by atoms with van der Waals surface area (Å²) in [7, 11) is 3.32. The molecule has 0 bridgehead atoms. The fourth-order valence-corrected chi connectivity index (χ4v) is 0.748. The molecule has 0 unspecified atom stereocenters. The van der Waals surface area contributed by atoms with E-state index in [1.807, 2.05) is 0 Å². The van der Waals surface area contributed by atoms with Crippen LogP contribution in [0.15, 0.2) is 18.5 Å². The van der Waals surface area contributed by atoms with E-state index in [0.29, 0.717) is 11.4 Å². The quantitative estimate of drug-likeness (QED) is 0.670. The number of aromatic nitrogens is 1. The Morgan fingerprint density at radius 2 is 2.31 bits per heavy atom. The van der Waals surface area contributed by atoms with Crippen LogP contribution in [0.25, 0.3) is 0 Å². The van der Waals surface area contributed by atoms with Crippen LogP contribution < -0.4 is 11.1 Å². The van der Waals surface area contributed by atoms with E-state index in [1.54, 1.807) is 26.4 Å². The molecule has 3 N–H and O–H groups in total. The van der Waals surface area contributed by atoms with Crippen LogP contribution in [-0.2, 0) is 0 Å². The van der Waals surface area contributed by atoms with E-state index in [9.17, 15) is 4.79 Å². The third-order valence-electron chi connectivity index (χ3n) is 1.50. The second-order valence-electron chi connectivity index (χ2n) is 2.79. The molecule has 13 heavy (non-hydrogen) atoms. The van der Waals surface area contributed by atoms with Crippen molar-refractivity contribution in [1.29, 1.82) is 0 Å². The standard InChI is InChI=1S/C8H12N4O/c1-12(2)8(13)11-7-3-4-10-5-6(7)9/h3-5H,9H2,1-2H3,(H,10,11,13). The maximum Gasteiger partial charge on any atom is 0.321 e. The van der Waals surface area contributed by atoms with Crippen molar-refractivity contribution in [2.24, 2.45) is 0 Å². The fourth-order valence-electron chi connectivity index (χ4n) is 0.748. The third kappa shape index (κ3) is 2.33. The highest BCUT2D eigenvalue weighted by Gasteiger charge is 2.05. The van der Waals surface area contributed by atoms with Crippen molar-refractivity contribution < 1.29 is 4.79 Å². The maximum atomic E-state index is 11.2. The molecule has 0 saturated carbocycles. The molecule has 0 spiro atoms. The van der Waals surface area contributed by atoms with E-state index in [-0.39, 0.29) is 6.03 Å². The first-order valence-corrected chi connectivity index (χ1v) is 3.79. The van der Waals surface area contributed by atoms with Crippen molar-refractivity contribution in [3.05, 3.63) is 18.5 Å². The zero-order valence-electron chi connectivity index (χ0n) is 7.61. The SMILES string of the molecule is CN(C)C(=O)Nc1ccncc1N. The monoisotopic (exact) mass is 180 g/mol. The Morgan fingerprint density at radius 1 is 1.62 bits per heavy atom. The third-order valence-corrected chi connectivity index (χ3v) is 1.50. The summed E-state index contributed by atoms with van der Waals surface area (Å²) in [5.41, 5.74) is 6.61. The van der Waals surface area contributed by atoms with Gasteiger partial charge in [0.05, 0.1) is 17.6 Å². The topological polar surface area (TPSA) is 71.2 Å². The van der Waals surface area contributed by atoms with Crippen molar-refractivity contribution in [1.82, 2.24) is 9.88 Å². The summed E-state index contributed by atoms with van der Waals surface area (Å²) < 4.78 is 0. The summed E-state index contributed by atoms with van der Waals surface area (Å²) in [5, 5.41) is 2.63. The van der Waals surface area contributed by atoms with Crippen molar-refractivity contribution in [3.63, 3.8) is 0 Å². The maximum absolute atomic E-state index is 11.2. The van der Waals surface area contributed by atoms with Gasteiger partial charge in [-0.2, -0.15) is 0 Å². The molecule has 5 nitrogen and oxygen atoms in total. The molecule has 0 aromatic carbocycles. The van der Waals surface area contributed by atoms with Gasteiger partial charge < -0.3 is 16.0 Å². The molecular weight excluding hydrogens is 168 g/mol. The highest BCUT2D eigenvalue weighted by Crippen LogP contribution is 2.14. The van der Waals surface area contributed by atoms with Crippen LogP contribution in [0.2, 0.25) is 0 Å². The van der Waals surface area contributed by atoms with Gasteiger partial charge in [-0.25, -0.2) is 4.79 Å². The molecule has 70 valence electrons. The van der Waals surface area contributed by atoms with E-state index in [2.05, 4.69) is 10.3 Å². The van der Waals surface area contributed by atoms with E-state index in [0.717, 1.165) is 0 Å². The van der Waals surface area contributed by atoms with Gasteiger partial charge in [-0.3, -0.25) is 4.98 Å². The Balaban J connectivity index is 2.75. The van der Waals surface area contributed by atoms with Gasteiger partial charge in [-0.05, 0) is 6.07 Å². The first kappa shape index (κ1) is 9.31. The van der Waals surface area contributed by atoms with Crippen molar-refractivity contribution >= 4 is 17.4 Å². The number of nitrogens with zero attached hydrogens (tertiary/aromatic N) is 2. The van der Waals surface area contributed by atoms with Crippen LogP contribution in [0.3, 0.4) is 0 Å². The van der Waals surface area contributed by atoms with Crippen LogP contribution in [0.1, 0.15) is 0 Å². The second-order valence-corrected chi connectivity index (χ2v) is 2.79. The fraction of sp³-hybridized carbons (Fsp3) is 0.250. The predicted octanol–water partition coefficient (Wildman–Crippen LogP) is 0.757. The van der Waals surface area contributed by atoms with Crippen LogP contribution in [0, 0.1) is 0 Å². The zero-order valence-corrected chi connectivity index (χ0v) is 7.61.